The van der Waals surface area contributed by atoms with Gasteiger partial charge in [-0.1, -0.05) is 20.3 Å². The molecule has 2 heteroatoms. The minimum Gasteiger partial charge on any atom is -0.271 e. The van der Waals surface area contributed by atoms with Crippen molar-refractivity contribution in [2.45, 2.75) is 39.2 Å². The van der Waals surface area contributed by atoms with Crippen LogP contribution in [0.5, 0.6) is 0 Å². The van der Waals surface area contributed by atoms with E-state index in [4.69, 9.17) is 5.84 Å². The SMILES string of the molecule is C[C@@H]1CCC[C@H](C)C1NN. The molecule has 1 aliphatic rings. The lowest BCUT2D eigenvalue weighted by molar-refractivity contribution is 0.211. The van der Waals surface area contributed by atoms with Crippen molar-refractivity contribution in [3.05, 3.63) is 0 Å². The summed E-state index contributed by atoms with van der Waals surface area (Å²) in [4.78, 5) is 0. The summed E-state index contributed by atoms with van der Waals surface area (Å²) in [5.74, 6) is 6.95. The van der Waals surface area contributed by atoms with E-state index >= 15 is 0 Å². The topological polar surface area (TPSA) is 38.0 Å². The van der Waals surface area contributed by atoms with Gasteiger partial charge >= 0.3 is 0 Å². The molecule has 1 rings (SSSR count). The summed E-state index contributed by atoms with van der Waals surface area (Å²) in [5, 5.41) is 0. The number of rotatable bonds is 1. The van der Waals surface area contributed by atoms with Crippen molar-refractivity contribution >= 4 is 0 Å². The molecule has 1 aliphatic carbocycles. The minimum atomic E-state index is 0.550. The fraction of sp³-hybridized carbons (Fsp3) is 1.00. The lowest BCUT2D eigenvalue weighted by Gasteiger charge is -2.33. The molecule has 0 heterocycles. The Morgan fingerprint density at radius 3 is 2.00 bits per heavy atom. The molecule has 0 radical (unpaired) electrons. The van der Waals surface area contributed by atoms with Gasteiger partial charge in [0.1, 0.15) is 0 Å². The van der Waals surface area contributed by atoms with E-state index < -0.39 is 0 Å². The molecule has 0 aliphatic heterocycles. The second-order valence-corrected chi connectivity index (χ2v) is 3.58. The van der Waals surface area contributed by atoms with Crippen LogP contribution in [0, 0.1) is 11.8 Å². The lowest BCUT2D eigenvalue weighted by atomic mass is 9.79. The molecule has 10 heavy (non-hydrogen) atoms. The monoisotopic (exact) mass is 142 g/mol. The molecular weight excluding hydrogens is 124 g/mol. The zero-order chi connectivity index (χ0) is 7.56. The summed E-state index contributed by atoms with van der Waals surface area (Å²) in [6.45, 7) is 4.56. The zero-order valence-corrected chi connectivity index (χ0v) is 6.93. The van der Waals surface area contributed by atoms with E-state index in [0.717, 1.165) is 11.8 Å². The second-order valence-electron chi connectivity index (χ2n) is 3.58. The molecule has 1 unspecified atom stereocenters. The molecule has 1 saturated carbocycles. The summed E-state index contributed by atoms with van der Waals surface area (Å²) in [6, 6.07) is 0.550. The van der Waals surface area contributed by atoms with Crippen molar-refractivity contribution in [3.8, 4) is 0 Å². The van der Waals surface area contributed by atoms with Crippen LogP contribution < -0.4 is 11.3 Å². The highest BCUT2D eigenvalue weighted by atomic mass is 15.2. The molecule has 0 aromatic rings. The Morgan fingerprint density at radius 1 is 1.20 bits per heavy atom. The summed E-state index contributed by atoms with van der Waals surface area (Å²) >= 11 is 0. The molecule has 0 saturated heterocycles. The van der Waals surface area contributed by atoms with Gasteiger partial charge in [0.15, 0.2) is 0 Å². The molecule has 0 aromatic heterocycles. The third-order valence-electron chi connectivity index (χ3n) is 2.74. The zero-order valence-electron chi connectivity index (χ0n) is 6.93. The highest BCUT2D eigenvalue weighted by molar-refractivity contribution is 4.81. The van der Waals surface area contributed by atoms with Crippen molar-refractivity contribution in [3.63, 3.8) is 0 Å². The average molecular weight is 142 g/mol. The summed E-state index contributed by atoms with van der Waals surface area (Å²) in [5.41, 5.74) is 2.90. The van der Waals surface area contributed by atoms with Crippen molar-refractivity contribution in [1.29, 1.82) is 0 Å². The second kappa shape index (κ2) is 3.35. The van der Waals surface area contributed by atoms with Gasteiger partial charge in [-0.05, 0) is 24.7 Å². The van der Waals surface area contributed by atoms with Crippen molar-refractivity contribution in [2.75, 3.05) is 0 Å². The number of nitrogens with two attached hydrogens (primary N) is 1. The molecule has 2 nitrogen and oxygen atoms in total. The minimum absolute atomic E-state index is 0.550. The van der Waals surface area contributed by atoms with E-state index in [1.54, 1.807) is 0 Å². The highest BCUT2D eigenvalue weighted by Gasteiger charge is 2.25. The first-order valence-electron chi connectivity index (χ1n) is 4.22. The first kappa shape index (κ1) is 8.02. The first-order chi connectivity index (χ1) is 4.75. The Balaban J connectivity index is 2.45. The van der Waals surface area contributed by atoms with Crippen LogP contribution in [0.1, 0.15) is 33.1 Å². The summed E-state index contributed by atoms with van der Waals surface area (Å²) in [6.07, 6.45) is 4.04. The van der Waals surface area contributed by atoms with Gasteiger partial charge in [0.2, 0.25) is 0 Å². The van der Waals surface area contributed by atoms with E-state index in [-0.39, 0.29) is 0 Å². The van der Waals surface area contributed by atoms with Crippen LogP contribution in [0.15, 0.2) is 0 Å². The first-order valence-corrected chi connectivity index (χ1v) is 4.22. The van der Waals surface area contributed by atoms with Gasteiger partial charge in [-0.2, -0.15) is 0 Å². The van der Waals surface area contributed by atoms with Crippen LogP contribution in [-0.2, 0) is 0 Å². The average Bonchev–Trinajstić information content (AvgIpc) is 1.88. The third-order valence-corrected chi connectivity index (χ3v) is 2.74. The fourth-order valence-corrected chi connectivity index (χ4v) is 2.01. The molecule has 0 amide bonds. The summed E-state index contributed by atoms with van der Waals surface area (Å²) < 4.78 is 0. The molecule has 60 valence electrons. The lowest BCUT2D eigenvalue weighted by Crippen LogP contribution is -2.46. The van der Waals surface area contributed by atoms with E-state index in [1.807, 2.05) is 0 Å². The van der Waals surface area contributed by atoms with Crippen LogP contribution in [-0.4, -0.2) is 6.04 Å². The predicted molar refractivity (Wildman–Crippen MR) is 43.3 cm³/mol. The molecule has 0 bridgehead atoms. The highest BCUT2D eigenvalue weighted by Crippen LogP contribution is 2.27. The quantitative estimate of drug-likeness (QED) is 0.427. The Kier molecular flexibility index (Phi) is 2.69. The number of nitrogens with one attached hydrogen (secondary N) is 1. The maximum absolute atomic E-state index is 5.43. The fourth-order valence-electron chi connectivity index (χ4n) is 2.01. The van der Waals surface area contributed by atoms with Crippen molar-refractivity contribution in [1.82, 2.24) is 5.43 Å². The third kappa shape index (κ3) is 1.50. The smallest absolute Gasteiger partial charge is 0.0261 e. The molecule has 0 spiro atoms. The van der Waals surface area contributed by atoms with Gasteiger partial charge in [0.05, 0.1) is 0 Å². The van der Waals surface area contributed by atoms with Crippen LogP contribution in [0.25, 0.3) is 0 Å². The van der Waals surface area contributed by atoms with Gasteiger partial charge in [0, 0.05) is 6.04 Å². The Labute approximate surface area is 63.1 Å². The van der Waals surface area contributed by atoms with Gasteiger partial charge < -0.3 is 0 Å². The van der Waals surface area contributed by atoms with E-state index in [2.05, 4.69) is 19.3 Å². The number of hydrogen-bond donors (Lipinski definition) is 2. The number of hydrogen-bond acceptors (Lipinski definition) is 2. The summed E-state index contributed by atoms with van der Waals surface area (Å²) in [7, 11) is 0. The Bertz CT molecular complexity index is 93.4. The van der Waals surface area contributed by atoms with Crippen LogP contribution >= 0.6 is 0 Å². The van der Waals surface area contributed by atoms with Crippen molar-refractivity contribution in [2.24, 2.45) is 17.7 Å². The van der Waals surface area contributed by atoms with Gasteiger partial charge in [0.25, 0.3) is 0 Å². The van der Waals surface area contributed by atoms with E-state index in [1.165, 1.54) is 19.3 Å². The van der Waals surface area contributed by atoms with Crippen LogP contribution in [0.2, 0.25) is 0 Å². The Morgan fingerprint density at radius 2 is 1.70 bits per heavy atom. The molecule has 3 atom stereocenters. The standard InChI is InChI=1S/C8H18N2/c1-6-4-3-5-7(2)8(6)10-9/h6-8,10H,3-5,9H2,1-2H3/t6-,7+,8?. The van der Waals surface area contributed by atoms with Gasteiger partial charge in [-0.15, -0.1) is 0 Å². The maximum atomic E-state index is 5.43. The van der Waals surface area contributed by atoms with Gasteiger partial charge in [-0.3, -0.25) is 11.3 Å². The van der Waals surface area contributed by atoms with E-state index in [0.29, 0.717) is 6.04 Å². The number of hydrazine groups is 1. The predicted octanol–water partition coefficient (Wildman–Crippen LogP) is 1.27. The maximum Gasteiger partial charge on any atom is 0.0261 e. The molecular formula is C8H18N2. The normalized spacial score (nSPS) is 41.7. The largest absolute Gasteiger partial charge is 0.271 e. The van der Waals surface area contributed by atoms with Crippen LogP contribution in [0.3, 0.4) is 0 Å². The van der Waals surface area contributed by atoms with Crippen LogP contribution in [0.4, 0.5) is 0 Å². The molecule has 3 N–H and O–H groups in total. The van der Waals surface area contributed by atoms with Crippen molar-refractivity contribution < 1.29 is 0 Å². The van der Waals surface area contributed by atoms with E-state index in [9.17, 15) is 0 Å². The molecule has 0 aromatic carbocycles. The van der Waals surface area contributed by atoms with Gasteiger partial charge in [-0.25, -0.2) is 0 Å². The Hall–Kier alpha value is -0.0800. The molecule has 1 fully saturated rings.